The third-order valence-corrected chi connectivity index (χ3v) is 5.83. The number of fused-ring (bicyclic) bond motifs is 3. The first kappa shape index (κ1) is 22.6. The molecule has 0 saturated heterocycles. The lowest BCUT2D eigenvalue weighted by atomic mass is 10.1. The molecule has 0 radical (unpaired) electrons. The number of methoxy groups -OCH3 is 1. The number of halogens is 1. The Hall–Kier alpha value is -4.18. The molecular formula is C24H21ClN6O4. The third-order valence-electron chi connectivity index (χ3n) is 5.59. The van der Waals surface area contributed by atoms with E-state index in [9.17, 15) is 9.59 Å². The molecule has 0 unspecified atom stereocenters. The molecule has 0 bridgehead atoms. The van der Waals surface area contributed by atoms with Crippen LogP contribution in [0.25, 0.3) is 21.9 Å². The molecule has 1 amide bonds. The number of carbonyl (C=O) groups excluding carboxylic acids is 1. The van der Waals surface area contributed by atoms with Crippen molar-refractivity contribution in [2.24, 2.45) is 0 Å². The van der Waals surface area contributed by atoms with E-state index in [1.165, 1.54) is 18.0 Å². The Morgan fingerprint density at radius 3 is 2.77 bits per heavy atom. The highest BCUT2D eigenvalue weighted by Gasteiger charge is 2.20. The van der Waals surface area contributed by atoms with Crippen LogP contribution in [0.2, 0.25) is 5.02 Å². The fraction of sp³-hybridized carbons (Fsp3) is 0.208. The molecule has 5 rings (SSSR count). The summed E-state index contributed by atoms with van der Waals surface area (Å²) in [6.45, 7) is 3.60. The number of anilines is 1. The minimum Gasteiger partial charge on any atom is -0.495 e. The minimum atomic E-state index is -0.354. The second kappa shape index (κ2) is 8.88. The van der Waals surface area contributed by atoms with Crippen molar-refractivity contribution in [3.63, 3.8) is 0 Å². The Labute approximate surface area is 204 Å². The van der Waals surface area contributed by atoms with Crippen molar-refractivity contribution >= 4 is 45.1 Å². The van der Waals surface area contributed by atoms with Crippen LogP contribution in [0, 0.1) is 13.8 Å². The summed E-state index contributed by atoms with van der Waals surface area (Å²) in [5, 5.41) is 7.83. The highest BCUT2D eigenvalue weighted by atomic mass is 35.5. The van der Waals surface area contributed by atoms with Gasteiger partial charge in [-0.1, -0.05) is 28.4 Å². The summed E-state index contributed by atoms with van der Waals surface area (Å²) in [5.74, 6) is 0.876. The quantitative estimate of drug-likeness (QED) is 0.384. The van der Waals surface area contributed by atoms with Crippen LogP contribution in [0.1, 0.15) is 17.3 Å². The standard InChI is InChI=1S/C24H21ClN6O4/c1-13-4-6-18-16(8-13)22-23(24(33)30(12-26-22)11-21-27-14(2)29-35-21)31(18)10-20(32)28-17-9-15(25)5-7-19(17)34-3/h4-9,12H,10-11H2,1-3H3,(H,28,32). The van der Waals surface area contributed by atoms with Crippen LogP contribution in [0.4, 0.5) is 5.69 Å². The van der Waals surface area contributed by atoms with Crippen LogP contribution in [-0.2, 0) is 17.9 Å². The highest BCUT2D eigenvalue weighted by Crippen LogP contribution is 2.29. The molecular weight excluding hydrogens is 472 g/mol. The largest absolute Gasteiger partial charge is 0.495 e. The number of benzene rings is 2. The van der Waals surface area contributed by atoms with Gasteiger partial charge in [0.15, 0.2) is 5.82 Å². The van der Waals surface area contributed by atoms with Crippen molar-refractivity contribution in [3.05, 3.63) is 75.4 Å². The third kappa shape index (κ3) is 4.24. The van der Waals surface area contributed by atoms with E-state index in [0.717, 1.165) is 16.5 Å². The van der Waals surface area contributed by atoms with Crippen molar-refractivity contribution in [1.29, 1.82) is 0 Å². The molecule has 0 aliphatic carbocycles. The first-order valence-electron chi connectivity index (χ1n) is 10.7. The Morgan fingerprint density at radius 1 is 1.20 bits per heavy atom. The van der Waals surface area contributed by atoms with Crippen LogP contribution in [0.15, 0.2) is 52.0 Å². The van der Waals surface area contributed by atoms with Gasteiger partial charge in [-0.15, -0.1) is 0 Å². The van der Waals surface area contributed by atoms with E-state index in [0.29, 0.717) is 33.3 Å². The van der Waals surface area contributed by atoms with Crippen molar-refractivity contribution < 1.29 is 14.1 Å². The van der Waals surface area contributed by atoms with Crippen molar-refractivity contribution in [2.45, 2.75) is 26.9 Å². The first-order valence-corrected chi connectivity index (χ1v) is 11.1. The van der Waals surface area contributed by atoms with Gasteiger partial charge in [-0.2, -0.15) is 4.98 Å². The predicted octanol–water partition coefficient (Wildman–Crippen LogP) is 3.70. The fourth-order valence-electron chi connectivity index (χ4n) is 4.05. The summed E-state index contributed by atoms with van der Waals surface area (Å²) < 4.78 is 13.5. The van der Waals surface area contributed by atoms with E-state index in [4.69, 9.17) is 20.9 Å². The van der Waals surface area contributed by atoms with Gasteiger partial charge in [0.05, 0.1) is 24.6 Å². The molecule has 5 aromatic rings. The number of ether oxygens (including phenoxy) is 1. The van der Waals surface area contributed by atoms with Crippen molar-refractivity contribution in [3.8, 4) is 5.75 Å². The van der Waals surface area contributed by atoms with Crippen molar-refractivity contribution in [2.75, 3.05) is 12.4 Å². The summed E-state index contributed by atoms with van der Waals surface area (Å²) in [7, 11) is 1.51. The Balaban J connectivity index is 1.60. The summed E-state index contributed by atoms with van der Waals surface area (Å²) in [4.78, 5) is 35.4. The summed E-state index contributed by atoms with van der Waals surface area (Å²) in [6, 6.07) is 10.7. The average molecular weight is 493 g/mol. The molecule has 0 atom stereocenters. The molecule has 0 aliphatic rings. The molecule has 178 valence electrons. The zero-order valence-electron chi connectivity index (χ0n) is 19.2. The van der Waals surface area contributed by atoms with Crippen LogP contribution in [-0.4, -0.2) is 37.3 Å². The van der Waals surface area contributed by atoms with E-state index in [1.54, 1.807) is 29.7 Å². The maximum Gasteiger partial charge on any atom is 0.278 e. The second-order valence-electron chi connectivity index (χ2n) is 8.11. The number of rotatable bonds is 6. The average Bonchev–Trinajstić information content (AvgIpc) is 3.36. The molecule has 0 aliphatic heterocycles. The number of aromatic nitrogens is 5. The van der Waals surface area contributed by atoms with Gasteiger partial charge in [0.25, 0.3) is 5.56 Å². The summed E-state index contributed by atoms with van der Waals surface area (Å²) in [6.07, 6.45) is 1.45. The molecule has 11 heteroatoms. The van der Waals surface area contributed by atoms with E-state index in [-0.39, 0.29) is 30.4 Å². The number of hydrogen-bond acceptors (Lipinski definition) is 7. The molecule has 2 aromatic carbocycles. The smallest absolute Gasteiger partial charge is 0.278 e. The van der Waals surface area contributed by atoms with Gasteiger partial charge in [-0.25, -0.2) is 4.98 Å². The lowest BCUT2D eigenvalue weighted by Gasteiger charge is -2.12. The minimum absolute atomic E-state index is 0.0646. The topological polar surface area (TPSA) is 117 Å². The lowest BCUT2D eigenvalue weighted by molar-refractivity contribution is -0.116. The Kier molecular flexibility index (Phi) is 5.73. The highest BCUT2D eigenvalue weighted by molar-refractivity contribution is 6.31. The number of hydrogen-bond donors (Lipinski definition) is 1. The van der Waals surface area contributed by atoms with E-state index in [1.807, 2.05) is 25.1 Å². The molecule has 3 heterocycles. The molecule has 10 nitrogen and oxygen atoms in total. The monoisotopic (exact) mass is 492 g/mol. The zero-order valence-corrected chi connectivity index (χ0v) is 20.0. The second-order valence-corrected chi connectivity index (χ2v) is 8.55. The van der Waals surface area contributed by atoms with E-state index >= 15 is 0 Å². The van der Waals surface area contributed by atoms with Gasteiger partial charge in [0.1, 0.15) is 29.9 Å². The normalized spacial score (nSPS) is 11.3. The lowest BCUT2D eigenvalue weighted by Crippen LogP contribution is -2.25. The maximum atomic E-state index is 13.5. The van der Waals surface area contributed by atoms with E-state index < -0.39 is 0 Å². The molecule has 1 N–H and O–H groups in total. The van der Waals surface area contributed by atoms with Gasteiger partial charge in [-0.05, 0) is 44.2 Å². The van der Waals surface area contributed by atoms with Crippen LogP contribution in [0.3, 0.4) is 0 Å². The Bertz CT molecular complexity index is 1650. The Morgan fingerprint density at radius 2 is 2.03 bits per heavy atom. The SMILES string of the molecule is COc1ccc(Cl)cc1NC(=O)Cn1c2ccc(C)cc2c2ncn(Cc3nc(C)no3)c(=O)c21. The van der Waals surface area contributed by atoms with Crippen LogP contribution in [0.5, 0.6) is 5.75 Å². The van der Waals surface area contributed by atoms with Crippen LogP contribution >= 0.6 is 11.6 Å². The van der Waals surface area contributed by atoms with Gasteiger partial charge >= 0.3 is 0 Å². The van der Waals surface area contributed by atoms with E-state index in [2.05, 4.69) is 20.4 Å². The van der Waals surface area contributed by atoms with Gasteiger partial charge in [0, 0.05) is 10.4 Å². The number of amides is 1. The molecule has 0 fully saturated rings. The fourth-order valence-corrected chi connectivity index (χ4v) is 4.22. The summed E-state index contributed by atoms with van der Waals surface area (Å²) in [5.41, 5.74) is 2.65. The van der Waals surface area contributed by atoms with Crippen molar-refractivity contribution in [1.82, 2.24) is 24.3 Å². The first-order chi connectivity index (χ1) is 16.8. The number of carbonyl (C=O) groups is 1. The molecule has 35 heavy (non-hydrogen) atoms. The molecule has 3 aromatic heterocycles. The predicted molar refractivity (Wildman–Crippen MR) is 131 cm³/mol. The maximum absolute atomic E-state index is 13.5. The zero-order chi connectivity index (χ0) is 24.7. The van der Waals surface area contributed by atoms with Gasteiger partial charge in [-0.3, -0.25) is 14.2 Å². The number of nitrogens with zero attached hydrogens (tertiary/aromatic N) is 5. The van der Waals surface area contributed by atoms with Gasteiger partial charge in [0.2, 0.25) is 11.8 Å². The van der Waals surface area contributed by atoms with Gasteiger partial charge < -0.3 is 19.1 Å². The summed E-state index contributed by atoms with van der Waals surface area (Å²) >= 11 is 6.10. The number of nitrogens with one attached hydrogen (secondary N) is 1. The number of aryl methyl sites for hydroxylation is 2. The molecule has 0 spiro atoms. The molecule has 0 saturated carbocycles. The van der Waals surface area contributed by atoms with Crippen LogP contribution < -0.4 is 15.6 Å².